The third kappa shape index (κ3) is 3.30. The SMILES string of the molecule is CCN1C[C@@H](C(=O)N2CCC[C@@H]2c2ccc(OC)c(OC)c2)CC1=O. The number of carbonyl (C=O) groups is 2. The average molecular weight is 346 g/mol. The number of amides is 2. The average Bonchev–Trinajstić information content (AvgIpc) is 3.27. The first-order valence-electron chi connectivity index (χ1n) is 8.89. The molecule has 0 bridgehead atoms. The summed E-state index contributed by atoms with van der Waals surface area (Å²) >= 11 is 0. The maximum Gasteiger partial charge on any atom is 0.228 e. The van der Waals surface area contributed by atoms with Gasteiger partial charge in [-0.1, -0.05) is 6.07 Å². The number of rotatable bonds is 5. The number of carbonyl (C=O) groups excluding carboxylic acids is 2. The number of ether oxygens (including phenoxy) is 2. The molecule has 2 atom stereocenters. The van der Waals surface area contributed by atoms with Gasteiger partial charge in [-0.25, -0.2) is 0 Å². The zero-order valence-electron chi connectivity index (χ0n) is 15.2. The molecule has 0 aromatic heterocycles. The van der Waals surface area contributed by atoms with Gasteiger partial charge in [-0.15, -0.1) is 0 Å². The highest BCUT2D eigenvalue weighted by Gasteiger charge is 2.39. The molecule has 1 aromatic rings. The first-order valence-corrected chi connectivity index (χ1v) is 8.89. The summed E-state index contributed by atoms with van der Waals surface area (Å²) in [6.45, 7) is 3.91. The lowest BCUT2D eigenvalue weighted by atomic mass is 10.0. The Kier molecular flexibility index (Phi) is 5.16. The van der Waals surface area contributed by atoms with Gasteiger partial charge in [0.2, 0.25) is 11.8 Å². The summed E-state index contributed by atoms with van der Waals surface area (Å²) in [5, 5.41) is 0. The van der Waals surface area contributed by atoms with Crippen LogP contribution in [0.4, 0.5) is 0 Å². The molecule has 2 saturated heterocycles. The monoisotopic (exact) mass is 346 g/mol. The highest BCUT2D eigenvalue weighted by atomic mass is 16.5. The lowest BCUT2D eigenvalue weighted by Crippen LogP contribution is -2.37. The summed E-state index contributed by atoms with van der Waals surface area (Å²) in [5.74, 6) is 1.33. The van der Waals surface area contributed by atoms with Crippen LogP contribution in [0.25, 0.3) is 0 Å². The fourth-order valence-corrected chi connectivity index (χ4v) is 3.91. The number of likely N-dealkylation sites (tertiary alicyclic amines) is 2. The molecule has 0 N–H and O–H groups in total. The topological polar surface area (TPSA) is 59.1 Å². The van der Waals surface area contributed by atoms with Gasteiger partial charge >= 0.3 is 0 Å². The quantitative estimate of drug-likeness (QED) is 0.820. The summed E-state index contributed by atoms with van der Waals surface area (Å²) in [5.41, 5.74) is 1.06. The van der Waals surface area contributed by atoms with Gasteiger partial charge in [0.05, 0.1) is 26.2 Å². The Labute approximate surface area is 148 Å². The zero-order chi connectivity index (χ0) is 18.0. The lowest BCUT2D eigenvalue weighted by molar-refractivity contribution is -0.136. The van der Waals surface area contributed by atoms with Crippen molar-refractivity contribution in [2.75, 3.05) is 33.9 Å². The van der Waals surface area contributed by atoms with Crippen molar-refractivity contribution < 1.29 is 19.1 Å². The zero-order valence-corrected chi connectivity index (χ0v) is 15.2. The molecule has 0 saturated carbocycles. The number of benzene rings is 1. The number of hydrogen-bond donors (Lipinski definition) is 0. The molecular formula is C19H26N2O4. The van der Waals surface area contributed by atoms with Crippen LogP contribution in [0.2, 0.25) is 0 Å². The molecular weight excluding hydrogens is 320 g/mol. The molecule has 0 aliphatic carbocycles. The van der Waals surface area contributed by atoms with Crippen LogP contribution >= 0.6 is 0 Å². The second-order valence-corrected chi connectivity index (χ2v) is 6.64. The fraction of sp³-hybridized carbons (Fsp3) is 0.579. The lowest BCUT2D eigenvalue weighted by Gasteiger charge is -2.28. The molecule has 136 valence electrons. The van der Waals surface area contributed by atoms with Crippen LogP contribution in [0, 0.1) is 5.92 Å². The van der Waals surface area contributed by atoms with Gasteiger partial charge < -0.3 is 19.3 Å². The van der Waals surface area contributed by atoms with Crippen LogP contribution in [-0.2, 0) is 9.59 Å². The van der Waals surface area contributed by atoms with Crippen LogP contribution in [0.3, 0.4) is 0 Å². The first-order chi connectivity index (χ1) is 12.1. The Morgan fingerprint density at radius 3 is 2.64 bits per heavy atom. The molecule has 2 heterocycles. The molecule has 6 nitrogen and oxygen atoms in total. The second kappa shape index (κ2) is 7.33. The van der Waals surface area contributed by atoms with Gasteiger partial charge in [-0.2, -0.15) is 0 Å². The third-order valence-electron chi connectivity index (χ3n) is 5.27. The van der Waals surface area contributed by atoms with Gasteiger partial charge in [0.25, 0.3) is 0 Å². The van der Waals surface area contributed by atoms with Crippen molar-refractivity contribution >= 4 is 11.8 Å². The summed E-state index contributed by atoms with van der Waals surface area (Å²) in [4.78, 5) is 28.7. The summed E-state index contributed by atoms with van der Waals surface area (Å²) < 4.78 is 10.7. The van der Waals surface area contributed by atoms with Crippen molar-refractivity contribution in [3.05, 3.63) is 23.8 Å². The van der Waals surface area contributed by atoms with Crippen molar-refractivity contribution in [1.29, 1.82) is 0 Å². The van der Waals surface area contributed by atoms with Crippen LogP contribution in [0.15, 0.2) is 18.2 Å². The van der Waals surface area contributed by atoms with Crippen molar-refractivity contribution in [2.24, 2.45) is 5.92 Å². The first kappa shape index (κ1) is 17.6. The molecule has 1 aromatic carbocycles. The van der Waals surface area contributed by atoms with Crippen molar-refractivity contribution in [2.45, 2.75) is 32.2 Å². The smallest absolute Gasteiger partial charge is 0.228 e. The summed E-state index contributed by atoms with van der Waals surface area (Å²) in [6.07, 6.45) is 2.24. The number of hydrogen-bond acceptors (Lipinski definition) is 4. The number of methoxy groups -OCH3 is 2. The van der Waals surface area contributed by atoms with Gasteiger partial charge in [-0.3, -0.25) is 9.59 Å². The third-order valence-corrected chi connectivity index (χ3v) is 5.27. The summed E-state index contributed by atoms with van der Waals surface area (Å²) in [6, 6.07) is 5.87. The van der Waals surface area contributed by atoms with Crippen LogP contribution < -0.4 is 9.47 Å². The van der Waals surface area contributed by atoms with Crippen LogP contribution in [-0.4, -0.2) is 55.5 Å². The number of nitrogens with zero attached hydrogens (tertiary/aromatic N) is 2. The Balaban J connectivity index is 1.79. The Hall–Kier alpha value is -2.24. The fourth-order valence-electron chi connectivity index (χ4n) is 3.91. The molecule has 3 rings (SSSR count). The van der Waals surface area contributed by atoms with Gasteiger partial charge in [-0.05, 0) is 37.5 Å². The maximum atomic E-state index is 13.0. The predicted octanol–water partition coefficient (Wildman–Crippen LogP) is 2.24. The highest BCUT2D eigenvalue weighted by Crippen LogP contribution is 2.38. The van der Waals surface area contributed by atoms with Crippen molar-refractivity contribution in [3.8, 4) is 11.5 Å². The second-order valence-electron chi connectivity index (χ2n) is 6.64. The minimum absolute atomic E-state index is 0.0399. The van der Waals surface area contributed by atoms with E-state index in [1.165, 1.54) is 0 Å². The van der Waals surface area contributed by atoms with E-state index in [1.54, 1.807) is 19.1 Å². The van der Waals surface area contributed by atoms with Crippen LogP contribution in [0.1, 0.15) is 37.8 Å². The van der Waals surface area contributed by atoms with Crippen molar-refractivity contribution in [3.63, 3.8) is 0 Å². The largest absolute Gasteiger partial charge is 0.493 e. The Bertz CT molecular complexity index is 661. The minimum atomic E-state index is -0.215. The van der Waals surface area contributed by atoms with E-state index in [9.17, 15) is 9.59 Å². The molecule has 2 aliphatic rings. The molecule has 2 amide bonds. The molecule has 0 radical (unpaired) electrons. The highest BCUT2D eigenvalue weighted by molar-refractivity contribution is 5.89. The molecule has 2 fully saturated rings. The van der Waals surface area contributed by atoms with Gasteiger partial charge in [0.1, 0.15) is 0 Å². The molecule has 0 unspecified atom stereocenters. The standard InChI is InChI=1S/C19H26N2O4/c1-4-20-12-14(11-18(20)22)19(23)21-9-5-6-15(21)13-7-8-16(24-2)17(10-13)25-3/h7-8,10,14-15H,4-6,9,11-12H2,1-3H3/t14-,15+/m0/s1. The maximum absolute atomic E-state index is 13.0. The van der Waals surface area contributed by atoms with E-state index in [-0.39, 0.29) is 23.8 Å². The summed E-state index contributed by atoms with van der Waals surface area (Å²) in [7, 11) is 3.22. The predicted molar refractivity (Wildman–Crippen MR) is 93.6 cm³/mol. The minimum Gasteiger partial charge on any atom is -0.493 e. The Morgan fingerprint density at radius 2 is 2.00 bits per heavy atom. The van der Waals surface area contributed by atoms with E-state index in [0.717, 1.165) is 24.9 Å². The Morgan fingerprint density at radius 1 is 1.24 bits per heavy atom. The van der Waals surface area contributed by atoms with E-state index in [4.69, 9.17) is 9.47 Å². The van der Waals surface area contributed by atoms with Gasteiger partial charge in [0.15, 0.2) is 11.5 Å². The van der Waals surface area contributed by atoms with Gasteiger partial charge in [0, 0.05) is 26.1 Å². The normalized spacial score (nSPS) is 23.2. The van der Waals surface area contributed by atoms with E-state index in [0.29, 0.717) is 31.0 Å². The molecule has 2 aliphatic heterocycles. The van der Waals surface area contributed by atoms with Crippen molar-refractivity contribution in [1.82, 2.24) is 9.80 Å². The molecule has 25 heavy (non-hydrogen) atoms. The van der Waals surface area contributed by atoms with Crippen LogP contribution in [0.5, 0.6) is 11.5 Å². The van der Waals surface area contributed by atoms with E-state index in [1.807, 2.05) is 30.0 Å². The molecule has 6 heteroatoms. The van der Waals surface area contributed by atoms with E-state index < -0.39 is 0 Å². The van der Waals surface area contributed by atoms with E-state index in [2.05, 4.69) is 0 Å². The van der Waals surface area contributed by atoms with E-state index >= 15 is 0 Å². The molecule has 0 spiro atoms.